The van der Waals surface area contributed by atoms with Crippen molar-refractivity contribution in [3.63, 3.8) is 0 Å². The fourth-order valence-corrected chi connectivity index (χ4v) is 1.50. The Morgan fingerprint density at radius 1 is 1.40 bits per heavy atom. The number of ether oxygens (including phenoxy) is 2. The van der Waals surface area contributed by atoms with Crippen molar-refractivity contribution in [2.75, 3.05) is 13.7 Å². The third-order valence-corrected chi connectivity index (χ3v) is 2.52. The second-order valence-corrected chi connectivity index (χ2v) is 4.09. The van der Waals surface area contributed by atoms with E-state index < -0.39 is 12.0 Å². The van der Waals surface area contributed by atoms with E-state index in [0.29, 0.717) is 12.4 Å². The number of hydrogen-bond acceptors (Lipinski definition) is 4. The van der Waals surface area contributed by atoms with Crippen LogP contribution in [0.5, 0.6) is 5.75 Å². The summed E-state index contributed by atoms with van der Waals surface area (Å²) in [4.78, 5) is 23.0. The summed E-state index contributed by atoms with van der Waals surface area (Å²) < 4.78 is 9.89. The monoisotopic (exact) mass is 277 g/mol. The molecule has 0 radical (unpaired) electrons. The van der Waals surface area contributed by atoms with Gasteiger partial charge in [0.1, 0.15) is 11.8 Å². The van der Waals surface area contributed by atoms with Crippen LogP contribution in [-0.2, 0) is 14.3 Å². The maximum Gasteiger partial charge on any atom is 0.328 e. The molecule has 0 saturated heterocycles. The minimum atomic E-state index is -0.669. The maximum absolute atomic E-state index is 11.7. The van der Waals surface area contributed by atoms with Crippen LogP contribution < -0.4 is 10.1 Å². The molecular formula is C15H19NO4. The molecule has 0 heterocycles. The van der Waals surface area contributed by atoms with Crippen LogP contribution >= 0.6 is 0 Å². The average molecular weight is 277 g/mol. The van der Waals surface area contributed by atoms with Crippen molar-refractivity contribution in [2.24, 2.45) is 0 Å². The number of carbonyl (C=O) groups excluding carboxylic acids is 2. The van der Waals surface area contributed by atoms with Gasteiger partial charge in [-0.25, -0.2) is 4.79 Å². The molecule has 0 aromatic heterocycles. The molecule has 5 heteroatoms. The molecule has 1 atom stereocenters. The lowest BCUT2D eigenvalue weighted by Crippen LogP contribution is -2.38. The molecule has 0 aliphatic rings. The summed E-state index contributed by atoms with van der Waals surface area (Å²) in [5.74, 6) is -0.0866. The Morgan fingerprint density at radius 2 is 2.15 bits per heavy atom. The van der Waals surface area contributed by atoms with Gasteiger partial charge in [0.15, 0.2) is 0 Å². The molecule has 0 aliphatic heterocycles. The number of benzene rings is 1. The fraction of sp³-hybridized carbons (Fsp3) is 0.333. The number of hydrogen-bond donors (Lipinski definition) is 1. The lowest BCUT2D eigenvalue weighted by atomic mass is 10.2. The maximum atomic E-state index is 11.7. The van der Waals surface area contributed by atoms with Crippen LogP contribution in [0.4, 0.5) is 0 Å². The lowest BCUT2D eigenvalue weighted by Gasteiger charge is -2.10. The third-order valence-electron chi connectivity index (χ3n) is 2.52. The minimum absolute atomic E-state index is 0.290. The molecule has 20 heavy (non-hydrogen) atoms. The van der Waals surface area contributed by atoms with Crippen LogP contribution in [0.3, 0.4) is 0 Å². The number of carbonyl (C=O) groups is 2. The van der Waals surface area contributed by atoms with Gasteiger partial charge in [-0.3, -0.25) is 4.79 Å². The number of rotatable bonds is 6. The van der Waals surface area contributed by atoms with E-state index in [9.17, 15) is 9.59 Å². The molecule has 108 valence electrons. The molecule has 1 amide bonds. The molecule has 0 fully saturated rings. The summed E-state index contributed by atoms with van der Waals surface area (Å²) in [7, 11) is 1.58. The number of esters is 1. The highest BCUT2D eigenvalue weighted by atomic mass is 16.5. The standard InChI is InChI=1S/C15H19NO4/c1-4-20-15(18)11(2)16-14(17)9-8-12-6-5-7-13(10-12)19-3/h5-11H,4H2,1-3H3,(H,16,17). The number of amides is 1. The third kappa shape index (κ3) is 5.14. The van der Waals surface area contributed by atoms with Crippen LogP contribution in [0, 0.1) is 0 Å². The van der Waals surface area contributed by atoms with E-state index in [2.05, 4.69) is 5.32 Å². The number of methoxy groups -OCH3 is 1. The van der Waals surface area contributed by atoms with E-state index in [1.54, 1.807) is 33.1 Å². The molecule has 0 bridgehead atoms. The quantitative estimate of drug-likeness (QED) is 0.636. The predicted molar refractivity (Wildman–Crippen MR) is 76.3 cm³/mol. The Bertz CT molecular complexity index is 496. The van der Waals surface area contributed by atoms with Gasteiger partial charge in [0.05, 0.1) is 13.7 Å². The Hall–Kier alpha value is -2.30. The van der Waals surface area contributed by atoms with Gasteiger partial charge in [0.25, 0.3) is 0 Å². The Kier molecular flexibility index (Phi) is 6.29. The van der Waals surface area contributed by atoms with Crippen molar-refractivity contribution >= 4 is 18.0 Å². The molecule has 0 spiro atoms. The smallest absolute Gasteiger partial charge is 0.328 e. The molecule has 0 aliphatic carbocycles. The first kappa shape index (κ1) is 15.8. The van der Waals surface area contributed by atoms with Crippen LogP contribution in [0.2, 0.25) is 0 Å². The zero-order valence-corrected chi connectivity index (χ0v) is 11.9. The van der Waals surface area contributed by atoms with Gasteiger partial charge in [-0.05, 0) is 37.6 Å². The fourth-order valence-electron chi connectivity index (χ4n) is 1.50. The van der Waals surface area contributed by atoms with Gasteiger partial charge >= 0.3 is 5.97 Å². The molecule has 5 nitrogen and oxygen atoms in total. The molecule has 1 rings (SSSR count). The van der Waals surface area contributed by atoms with E-state index in [1.807, 2.05) is 18.2 Å². The van der Waals surface area contributed by atoms with E-state index in [1.165, 1.54) is 6.08 Å². The predicted octanol–water partition coefficient (Wildman–Crippen LogP) is 1.78. The van der Waals surface area contributed by atoms with Gasteiger partial charge in [0, 0.05) is 6.08 Å². The zero-order valence-electron chi connectivity index (χ0n) is 11.9. The first-order valence-electron chi connectivity index (χ1n) is 6.36. The topological polar surface area (TPSA) is 64.6 Å². The highest BCUT2D eigenvalue weighted by Crippen LogP contribution is 2.13. The highest BCUT2D eigenvalue weighted by molar-refractivity contribution is 5.94. The normalized spacial score (nSPS) is 11.9. The van der Waals surface area contributed by atoms with Crippen molar-refractivity contribution in [1.82, 2.24) is 5.32 Å². The summed E-state index contributed by atoms with van der Waals surface area (Å²) in [5.41, 5.74) is 0.836. The molecule has 1 aromatic rings. The number of nitrogens with one attached hydrogen (secondary N) is 1. The first-order chi connectivity index (χ1) is 9.56. The van der Waals surface area contributed by atoms with Gasteiger partial charge < -0.3 is 14.8 Å². The van der Waals surface area contributed by atoms with Crippen LogP contribution in [0.15, 0.2) is 30.3 Å². The first-order valence-corrected chi connectivity index (χ1v) is 6.36. The highest BCUT2D eigenvalue weighted by Gasteiger charge is 2.14. The van der Waals surface area contributed by atoms with E-state index in [0.717, 1.165) is 5.56 Å². The summed E-state index contributed by atoms with van der Waals surface area (Å²) >= 11 is 0. The second-order valence-electron chi connectivity index (χ2n) is 4.09. The van der Waals surface area contributed by atoms with Crippen molar-refractivity contribution in [1.29, 1.82) is 0 Å². The largest absolute Gasteiger partial charge is 0.497 e. The van der Waals surface area contributed by atoms with Gasteiger partial charge in [-0.2, -0.15) is 0 Å². The Labute approximate surface area is 118 Å². The van der Waals surface area contributed by atoms with Crippen molar-refractivity contribution in [3.8, 4) is 5.75 Å². The molecule has 0 saturated carbocycles. The van der Waals surface area contributed by atoms with E-state index in [-0.39, 0.29) is 5.91 Å². The van der Waals surface area contributed by atoms with Gasteiger partial charge in [-0.1, -0.05) is 12.1 Å². The van der Waals surface area contributed by atoms with Crippen LogP contribution in [0.25, 0.3) is 6.08 Å². The molecular weight excluding hydrogens is 258 g/mol. The minimum Gasteiger partial charge on any atom is -0.497 e. The molecule has 1 aromatic carbocycles. The Morgan fingerprint density at radius 3 is 2.80 bits per heavy atom. The molecule has 1 N–H and O–H groups in total. The Balaban J connectivity index is 2.56. The van der Waals surface area contributed by atoms with Crippen molar-refractivity contribution in [2.45, 2.75) is 19.9 Å². The van der Waals surface area contributed by atoms with Gasteiger partial charge in [-0.15, -0.1) is 0 Å². The van der Waals surface area contributed by atoms with Gasteiger partial charge in [0.2, 0.25) is 5.91 Å². The average Bonchev–Trinajstić information content (AvgIpc) is 2.45. The lowest BCUT2D eigenvalue weighted by molar-refractivity contribution is -0.146. The van der Waals surface area contributed by atoms with Crippen LogP contribution in [-0.4, -0.2) is 31.6 Å². The summed E-state index contributed by atoms with van der Waals surface area (Å²) in [6, 6.07) is 6.63. The second kappa shape index (κ2) is 7.99. The van der Waals surface area contributed by atoms with Crippen LogP contribution in [0.1, 0.15) is 19.4 Å². The SMILES string of the molecule is CCOC(=O)C(C)NC(=O)C=Cc1cccc(OC)c1. The van der Waals surface area contributed by atoms with Crippen molar-refractivity contribution < 1.29 is 19.1 Å². The summed E-state index contributed by atoms with van der Waals surface area (Å²) in [6.07, 6.45) is 3.01. The summed E-state index contributed by atoms with van der Waals surface area (Å²) in [6.45, 7) is 3.59. The van der Waals surface area contributed by atoms with E-state index in [4.69, 9.17) is 9.47 Å². The van der Waals surface area contributed by atoms with Crippen molar-refractivity contribution in [3.05, 3.63) is 35.9 Å². The zero-order chi connectivity index (χ0) is 15.0. The molecule has 1 unspecified atom stereocenters. The summed E-state index contributed by atoms with van der Waals surface area (Å²) in [5, 5.41) is 2.53. The van der Waals surface area contributed by atoms with E-state index >= 15 is 0 Å².